The third-order valence-corrected chi connectivity index (χ3v) is 3.91. The van der Waals surface area contributed by atoms with Crippen LogP contribution in [0, 0.1) is 20.8 Å². The number of imidazole rings is 1. The van der Waals surface area contributed by atoms with Gasteiger partial charge in [-0.1, -0.05) is 17.7 Å². The molecule has 1 aromatic carbocycles. The van der Waals surface area contributed by atoms with Crippen molar-refractivity contribution < 1.29 is 18.0 Å². The number of aryl methyl sites for hydroxylation is 3. The van der Waals surface area contributed by atoms with E-state index in [1.807, 2.05) is 32.9 Å². The first-order valence-corrected chi connectivity index (χ1v) is 7.55. The Morgan fingerprint density at radius 3 is 2.30 bits per heavy atom. The Labute approximate surface area is 139 Å². The molecule has 0 unspecified atom stereocenters. The van der Waals surface area contributed by atoms with Crippen molar-refractivity contribution in [3.05, 3.63) is 45.4 Å². The van der Waals surface area contributed by atoms with Crippen LogP contribution in [0.2, 0.25) is 0 Å². The summed E-state index contributed by atoms with van der Waals surface area (Å²) in [5, 5.41) is 2.74. The van der Waals surface area contributed by atoms with Crippen LogP contribution < -0.4 is 5.32 Å². The molecule has 124 valence electrons. The van der Waals surface area contributed by atoms with Crippen LogP contribution in [0.1, 0.15) is 22.4 Å². The molecule has 1 aromatic heterocycles. The minimum absolute atomic E-state index is 0.0441. The predicted octanol–water partition coefficient (Wildman–Crippen LogP) is 4.23. The molecule has 0 aliphatic carbocycles. The van der Waals surface area contributed by atoms with E-state index in [4.69, 9.17) is 0 Å². The van der Waals surface area contributed by atoms with Crippen molar-refractivity contribution in [3.63, 3.8) is 0 Å². The number of aromatic nitrogens is 2. The molecular weight excluding hydrogens is 375 g/mol. The molecule has 2 rings (SSSR count). The highest BCUT2D eigenvalue weighted by Crippen LogP contribution is 2.29. The zero-order valence-corrected chi connectivity index (χ0v) is 14.3. The second kappa shape index (κ2) is 6.35. The maximum Gasteiger partial charge on any atom is 0.434 e. The third kappa shape index (κ3) is 4.13. The van der Waals surface area contributed by atoms with E-state index < -0.39 is 17.8 Å². The number of carbonyl (C=O) groups is 1. The van der Waals surface area contributed by atoms with Gasteiger partial charge in [0, 0.05) is 11.9 Å². The molecule has 1 heterocycles. The van der Waals surface area contributed by atoms with Crippen molar-refractivity contribution >= 4 is 27.5 Å². The van der Waals surface area contributed by atoms with Crippen molar-refractivity contribution in [2.75, 3.05) is 5.32 Å². The first kappa shape index (κ1) is 17.5. The molecule has 23 heavy (non-hydrogen) atoms. The van der Waals surface area contributed by atoms with Gasteiger partial charge in [-0.3, -0.25) is 4.79 Å². The summed E-state index contributed by atoms with van der Waals surface area (Å²) >= 11 is 2.93. The number of hydrogen-bond acceptors (Lipinski definition) is 2. The van der Waals surface area contributed by atoms with E-state index in [2.05, 4.69) is 26.2 Å². The first-order chi connectivity index (χ1) is 10.6. The van der Waals surface area contributed by atoms with Crippen LogP contribution in [0.5, 0.6) is 0 Å². The summed E-state index contributed by atoms with van der Waals surface area (Å²) in [5.41, 5.74) is 2.51. The summed E-state index contributed by atoms with van der Waals surface area (Å²) < 4.78 is 38.9. The van der Waals surface area contributed by atoms with Crippen LogP contribution in [0.15, 0.2) is 23.1 Å². The molecule has 0 radical (unpaired) electrons. The number of anilines is 1. The van der Waals surface area contributed by atoms with Crippen LogP contribution in [-0.4, -0.2) is 15.5 Å². The minimum atomic E-state index is -4.55. The fourth-order valence-corrected chi connectivity index (χ4v) is 2.77. The molecular formula is C15H15BrF3N3O. The predicted molar refractivity (Wildman–Crippen MR) is 84.2 cm³/mol. The second-order valence-corrected chi connectivity index (χ2v) is 6.05. The Bertz CT molecular complexity index is 730. The van der Waals surface area contributed by atoms with Gasteiger partial charge in [-0.15, -0.1) is 0 Å². The monoisotopic (exact) mass is 389 g/mol. The van der Waals surface area contributed by atoms with Crippen LogP contribution in [0.25, 0.3) is 0 Å². The fourth-order valence-electron chi connectivity index (χ4n) is 2.35. The Balaban J connectivity index is 2.16. The molecule has 0 saturated heterocycles. The summed E-state index contributed by atoms with van der Waals surface area (Å²) in [6, 6.07) is 3.86. The molecule has 2 aromatic rings. The summed E-state index contributed by atoms with van der Waals surface area (Å²) in [6.07, 6.45) is -3.74. The van der Waals surface area contributed by atoms with Gasteiger partial charge in [-0.05, 0) is 47.8 Å². The molecule has 0 bridgehead atoms. The zero-order chi connectivity index (χ0) is 17.4. The molecule has 0 aliphatic rings. The largest absolute Gasteiger partial charge is 0.434 e. The van der Waals surface area contributed by atoms with Crippen molar-refractivity contribution in [1.29, 1.82) is 0 Å². The Morgan fingerprint density at radius 1 is 1.26 bits per heavy atom. The van der Waals surface area contributed by atoms with Gasteiger partial charge in [0.1, 0.15) is 6.54 Å². The summed E-state index contributed by atoms with van der Waals surface area (Å²) in [4.78, 5) is 15.5. The van der Waals surface area contributed by atoms with E-state index in [1.54, 1.807) is 0 Å². The number of nitrogens with zero attached hydrogens (tertiary/aromatic N) is 2. The van der Waals surface area contributed by atoms with Gasteiger partial charge >= 0.3 is 6.18 Å². The van der Waals surface area contributed by atoms with Crippen molar-refractivity contribution in [2.24, 2.45) is 0 Å². The maximum atomic E-state index is 12.6. The van der Waals surface area contributed by atoms with Crippen LogP contribution in [-0.2, 0) is 17.5 Å². The molecule has 0 saturated carbocycles. The van der Waals surface area contributed by atoms with Gasteiger partial charge < -0.3 is 9.88 Å². The number of halogens is 4. The number of rotatable bonds is 3. The minimum Gasteiger partial charge on any atom is -0.324 e. The van der Waals surface area contributed by atoms with E-state index in [0.29, 0.717) is 5.69 Å². The van der Waals surface area contributed by atoms with E-state index in [9.17, 15) is 18.0 Å². The number of benzene rings is 1. The van der Waals surface area contributed by atoms with Crippen molar-refractivity contribution in [3.8, 4) is 0 Å². The summed E-state index contributed by atoms with van der Waals surface area (Å²) in [7, 11) is 0. The van der Waals surface area contributed by atoms with E-state index in [1.165, 1.54) is 0 Å². The molecule has 1 N–H and O–H groups in total. The molecule has 8 heteroatoms. The maximum absolute atomic E-state index is 12.6. The second-order valence-electron chi connectivity index (χ2n) is 5.34. The van der Waals surface area contributed by atoms with Crippen molar-refractivity contribution in [2.45, 2.75) is 33.5 Å². The molecule has 0 fully saturated rings. The highest BCUT2D eigenvalue weighted by Gasteiger charge is 2.34. The number of alkyl halides is 3. The quantitative estimate of drug-likeness (QED) is 0.853. The van der Waals surface area contributed by atoms with E-state index >= 15 is 0 Å². The van der Waals surface area contributed by atoms with Gasteiger partial charge in [0.05, 0.1) is 0 Å². The van der Waals surface area contributed by atoms with Gasteiger partial charge in [0.25, 0.3) is 0 Å². The topological polar surface area (TPSA) is 46.9 Å². The van der Waals surface area contributed by atoms with Gasteiger partial charge in [-0.25, -0.2) is 4.98 Å². The van der Waals surface area contributed by atoms with Crippen LogP contribution >= 0.6 is 15.9 Å². The van der Waals surface area contributed by atoms with Gasteiger partial charge in [-0.2, -0.15) is 13.2 Å². The number of amides is 1. The SMILES string of the molecule is Cc1cc(C)c(NC(=O)Cn2cc(C(F)(F)F)nc2Br)c(C)c1. The fraction of sp³-hybridized carbons (Fsp3) is 0.333. The Morgan fingerprint density at radius 2 is 1.83 bits per heavy atom. The first-order valence-electron chi connectivity index (χ1n) is 6.75. The van der Waals surface area contributed by atoms with Crippen LogP contribution in [0.3, 0.4) is 0 Å². The smallest absolute Gasteiger partial charge is 0.324 e. The highest BCUT2D eigenvalue weighted by atomic mass is 79.9. The van der Waals surface area contributed by atoms with Crippen molar-refractivity contribution in [1.82, 2.24) is 9.55 Å². The molecule has 0 atom stereocenters. The lowest BCUT2D eigenvalue weighted by atomic mass is 10.1. The zero-order valence-electron chi connectivity index (χ0n) is 12.8. The molecule has 4 nitrogen and oxygen atoms in total. The summed E-state index contributed by atoms with van der Waals surface area (Å²) in [5.74, 6) is -0.424. The number of hydrogen-bond donors (Lipinski definition) is 1. The number of nitrogens with one attached hydrogen (secondary N) is 1. The van der Waals surface area contributed by atoms with Gasteiger partial charge in [0.2, 0.25) is 5.91 Å². The van der Waals surface area contributed by atoms with Gasteiger partial charge in [0.15, 0.2) is 10.4 Å². The third-order valence-electron chi connectivity index (χ3n) is 3.27. The molecule has 0 aliphatic heterocycles. The number of carbonyl (C=O) groups excluding carboxylic acids is 1. The van der Waals surface area contributed by atoms with E-state index in [-0.39, 0.29) is 11.3 Å². The Kier molecular flexibility index (Phi) is 4.84. The standard InChI is InChI=1S/C15H15BrF3N3O/c1-8-4-9(2)13(10(3)5-8)21-12(23)7-22-6-11(15(17,18)19)20-14(22)16/h4-6H,7H2,1-3H3,(H,21,23). The van der Waals surface area contributed by atoms with E-state index in [0.717, 1.165) is 27.5 Å². The normalized spacial score (nSPS) is 11.6. The lowest BCUT2D eigenvalue weighted by Crippen LogP contribution is -2.20. The average molecular weight is 390 g/mol. The molecule has 1 amide bonds. The Hall–Kier alpha value is -1.83. The lowest BCUT2D eigenvalue weighted by Gasteiger charge is -2.13. The average Bonchev–Trinajstić information content (AvgIpc) is 2.75. The molecule has 0 spiro atoms. The van der Waals surface area contributed by atoms with Crippen LogP contribution in [0.4, 0.5) is 18.9 Å². The summed E-state index contributed by atoms with van der Waals surface area (Å²) in [6.45, 7) is 5.41. The lowest BCUT2D eigenvalue weighted by molar-refractivity contribution is -0.141. The highest BCUT2D eigenvalue weighted by molar-refractivity contribution is 9.10.